The summed E-state index contributed by atoms with van der Waals surface area (Å²) >= 11 is 0. The molecule has 1 saturated heterocycles. The van der Waals surface area contributed by atoms with Crippen LogP contribution in [0.15, 0.2) is 24.4 Å². The zero-order chi connectivity index (χ0) is 10.5. The standard InChI is InChI=1S/C11H17N3O/c12-10(11-3-1-2-4-14-11)7-9-8-15-6-5-13-9/h1-4,9-10,13H,5-8,12H2. The second kappa shape index (κ2) is 5.21. The van der Waals surface area contributed by atoms with Crippen LogP contribution in [0.4, 0.5) is 0 Å². The van der Waals surface area contributed by atoms with E-state index in [1.165, 1.54) is 0 Å². The van der Waals surface area contributed by atoms with E-state index in [0.29, 0.717) is 6.04 Å². The predicted octanol–water partition coefficient (Wildman–Crippen LogP) is 0.460. The molecule has 2 rings (SSSR count). The Morgan fingerprint density at radius 1 is 1.60 bits per heavy atom. The highest BCUT2D eigenvalue weighted by Crippen LogP contribution is 2.14. The van der Waals surface area contributed by atoms with E-state index in [1.807, 2.05) is 18.2 Å². The minimum Gasteiger partial charge on any atom is -0.379 e. The number of hydrogen-bond acceptors (Lipinski definition) is 4. The van der Waals surface area contributed by atoms with Crippen molar-refractivity contribution >= 4 is 0 Å². The molecule has 0 aromatic carbocycles. The zero-order valence-corrected chi connectivity index (χ0v) is 8.73. The summed E-state index contributed by atoms with van der Waals surface area (Å²) in [6.07, 6.45) is 2.65. The Bertz CT molecular complexity index is 285. The molecule has 4 heteroatoms. The fourth-order valence-corrected chi connectivity index (χ4v) is 1.79. The van der Waals surface area contributed by atoms with Gasteiger partial charge in [0, 0.05) is 24.8 Å². The number of morpholine rings is 1. The van der Waals surface area contributed by atoms with Crippen molar-refractivity contribution in [2.45, 2.75) is 18.5 Å². The van der Waals surface area contributed by atoms with Gasteiger partial charge in [0.05, 0.1) is 18.9 Å². The second-order valence-electron chi connectivity index (χ2n) is 3.82. The Morgan fingerprint density at radius 2 is 2.53 bits per heavy atom. The van der Waals surface area contributed by atoms with Gasteiger partial charge in [-0.15, -0.1) is 0 Å². The van der Waals surface area contributed by atoms with Gasteiger partial charge in [-0.25, -0.2) is 0 Å². The van der Waals surface area contributed by atoms with Crippen LogP contribution in [-0.4, -0.2) is 30.8 Å². The van der Waals surface area contributed by atoms with Crippen molar-refractivity contribution < 1.29 is 4.74 Å². The first kappa shape index (κ1) is 10.5. The Morgan fingerprint density at radius 3 is 3.20 bits per heavy atom. The number of pyridine rings is 1. The van der Waals surface area contributed by atoms with Crippen LogP contribution in [0.5, 0.6) is 0 Å². The number of aromatic nitrogens is 1. The third kappa shape index (κ3) is 2.99. The molecule has 0 bridgehead atoms. The van der Waals surface area contributed by atoms with Crippen LogP contribution >= 0.6 is 0 Å². The maximum Gasteiger partial charge on any atom is 0.0620 e. The molecule has 1 aliphatic heterocycles. The van der Waals surface area contributed by atoms with E-state index in [1.54, 1.807) is 6.20 Å². The van der Waals surface area contributed by atoms with E-state index >= 15 is 0 Å². The normalized spacial score (nSPS) is 23.7. The van der Waals surface area contributed by atoms with Gasteiger partial charge in [-0.2, -0.15) is 0 Å². The van der Waals surface area contributed by atoms with Gasteiger partial charge in [0.15, 0.2) is 0 Å². The van der Waals surface area contributed by atoms with Crippen LogP contribution in [0.2, 0.25) is 0 Å². The van der Waals surface area contributed by atoms with Crippen molar-refractivity contribution in [3.8, 4) is 0 Å². The van der Waals surface area contributed by atoms with E-state index < -0.39 is 0 Å². The molecular weight excluding hydrogens is 190 g/mol. The third-order valence-corrected chi connectivity index (χ3v) is 2.60. The van der Waals surface area contributed by atoms with E-state index in [9.17, 15) is 0 Å². The molecule has 4 nitrogen and oxygen atoms in total. The number of ether oxygens (including phenoxy) is 1. The molecule has 2 heterocycles. The lowest BCUT2D eigenvalue weighted by Crippen LogP contribution is -2.42. The molecule has 1 fully saturated rings. The van der Waals surface area contributed by atoms with Gasteiger partial charge < -0.3 is 15.8 Å². The van der Waals surface area contributed by atoms with Crippen LogP contribution in [0, 0.1) is 0 Å². The fraction of sp³-hybridized carbons (Fsp3) is 0.545. The van der Waals surface area contributed by atoms with Crippen molar-refractivity contribution in [1.29, 1.82) is 0 Å². The lowest BCUT2D eigenvalue weighted by Gasteiger charge is -2.26. The molecule has 0 aliphatic carbocycles. The summed E-state index contributed by atoms with van der Waals surface area (Å²) in [6, 6.07) is 6.18. The maximum absolute atomic E-state index is 6.07. The van der Waals surface area contributed by atoms with Gasteiger partial charge in [-0.3, -0.25) is 4.98 Å². The predicted molar refractivity (Wildman–Crippen MR) is 58.4 cm³/mol. The van der Waals surface area contributed by atoms with E-state index in [0.717, 1.165) is 31.9 Å². The minimum atomic E-state index is -0.00889. The average molecular weight is 207 g/mol. The van der Waals surface area contributed by atoms with Crippen molar-refractivity contribution in [3.05, 3.63) is 30.1 Å². The minimum absolute atomic E-state index is 0.00889. The molecule has 0 saturated carbocycles. The summed E-state index contributed by atoms with van der Waals surface area (Å²) in [6.45, 7) is 2.47. The van der Waals surface area contributed by atoms with Crippen LogP contribution < -0.4 is 11.1 Å². The lowest BCUT2D eigenvalue weighted by molar-refractivity contribution is 0.0718. The van der Waals surface area contributed by atoms with Crippen LogP contribution in [0.25, 0.3) is 0 Å². The van der Waals surface area contributed by atoms with Gasteiger partial charge in [0.25, 0.3) is 0 Å². The summed E-state index contributed by atoms with van der Waals surface area (Å²) in [5.74, 6) is 0. The fourth-order valence-electron chi connectivity index (χ4n) is 1.79. The van der Waals surface area contributed by atoms with Crippen molar-refractivity contribution in [1.82, 2.24) is 10.3 Å². The van der Waals surface area contributed by atoms with E-state index in [4.69, 9.17) is 10.5 Å². The highest BCUT2D eigenvalue weighted by atomic mass is 16.5. The van der Waals surface area contributed by atoms with Gasteiger partial charge >= 0.3 is 0 Å². The lowest BCUT2D eigenvalue weighted by atomic mass is 10.0. The van der Waals surface area contributed by atoms with Gasteiger partial charge in [0.2, 0.25) is 0 Å². The molecule has 1 aliphatic rings. The number of nitrogens with one attached hydrogen (secondary N) is 1. The van der Waals surface area contributed by atoms with E-state index in [-0.39, 0.29) is 6.04 Å². The molecule has 2 unspecified atom stereocenters. The molecule has 0 radical (unpaired) electrons. The topological polar surface area (TPSA) is 60.2 Å². The summed E-state index contributed by atoms with van der Waals surface area (Å²) in [7, 11) is 0. The Hall–Kier alpha value is -0.970. The smallest absolute Gasteiger partial charge is 0.0620 e. The zero-order valence-electron chi connectivity index (χ0n) is 8.73. The van der Waals surface area contributed by atoms with E-state index in [2.05, 4.69) is 10.3 Å². The van der Waals surface area contributed by atoms with Crippen LogP contribution in [0.3, 0.4) is 0 Å². The molecule has 1 aromatic rings. The van der Waals surface area contributed by atoms with Gasteiger partial charge in [-0.05, 0) is 18.6 Å². The Balaban J connectivity index is 1.88. The number of hydrogen-bond donors (Lipinski definition) is 2. The second-order valence-corrected chi connectivity index (χ2v) is 3.82. The molecule has 3 N–H and O–H groups in total. The SMILES string of the molecule is NC(CC1COCCN1)c1ccccn1. The highest BCUT2D eigenvalue weighted by molar-refractivity contribution is 5.08. The molecule has 1 aromatic heterocycles. The van der Waals surface area contributed by atoms with Crippen molar-refractivity contribution in [2.24, 2.45) is 5.73 Å². The summed E-state index contributed by atoms with van der Waals surface area (Å²) in [5, 5.41) is 3.39. The molecule has 0 amide bonds. The summed E-state index contributed by atoms with van der Waals surface area (Å²) < 4.78 is 5.38. The third-order valence-electron chi connectivity index (χ3n) is 2.60. The first-order valence-electron chi connectivity index (χ1n) is 5.34. The average Bonchev–Trinajstić information content (AvgIpc) is 2.31. The Labute approximate surface area is 89.8 Å². The molecule has 82 valence electrons. The Kier molecular flexibility index (Phi) is 3.66. The van der Waals surface area contributed by atoms with Crippen molar-refractivity contribution in [2.75, 3.05) is 19.8 Å². The maximum atomic E-state index is 6.07. The summed E-state index contributed by atoms with van der Waals surface area (Å²) in [4.78, 5) is 4.25. The largest absolute Gasteiger partial charge is 0.379 e. The number of nitrogens with zero attached hydrogens (tertiary/aromatic N) is 1. The van der Waals surface area contributed by atoms with Gasteiger partial charge in [-0.1, -0.05) is 6.07 Å². The van der Waals surface area contributed by atoms with Crippen LogP contribution in [0.1, 0.15) is 18.2 Å². The first-order valence-corrected chi connectivity index (χ1v) is 5.34. The molecule has 0 spiro atoms. The van der Waals surface area contributed by atoms with Crippen molar-refractivity contribution in [3.63, 3.8) is 0 Å². The quantitative estimate of drug-likeness (QED) is 0.756. The first-order chi connectivity index (χ1) is 7.36. The highest BCUT2D eigenvalue weighted by Gasteiger charge is 2.17. The number of nitrogens with two attached hydrogens (primary N) is 1. The molecule has 15 heavy (non-hydrogen) atoms. The summed E-state index contributed by atoms with van der Waals surface area (Å²) in [5.41, 5.74) is 7.02. The van der Waals surface area contributed by atoms with Crippen LogP contribution in [-0.2, 0) is 4.74 Å². The number of rotatable bonds is 3. The monoisotopic (exact) mass is 207 g/mol. The molecule has 2 atom stereocenters. The van der Waals surface area contributed by atoms with Gasteiger partial charge in [0.1, 0.15) is 0 Å². The molecular formula is C11H17N3O.